The summed E-state index contributed by atoms with van der Waals surface area (Å²) in [5.74, 6) is 3.28. The number of hydrogen-bond donors (Lipinski definition) is 1. The molecule has 1 atom stereocenters. The molecule has 0 spiro atoms. The predicted octanol–water partition coefficient (Wildman–Crippen LogP) is 7.90. The van der Waals surface area contributed by atoms with Crippen molar-refractivity contribution < 1.29 is 23.4 Å². The third kappa shape index (κ3) is 5.36. The van der Waals surface area contributed by atoms with Gasteiger partial charge in [-0.1, -0.05) is 41.5 Å². The first kappa shape index (κ1) is 27.8. The Morgan fingerprint density at radius 3 is 1.84 bits per heavy atom. The lowest BCUT2D eigenvalue weighted by Gasteiger charge is -2.38. The monoisotopic (exact) mass is 540 g/mol. The highest BCUT2D eigenvalue weighted by Gasteiger charge is 2.41. The molecule has 2 aromatic rings. The molecular weight excluding hydrogens is 496 g/mol. The molecule has 2 aliphatic heterocycles. The van der Waals surface area contributed by atoms with E-state index in [1.54, 1.807) is 0 Å². The zero-order valence-corrected chi connectivity index (χ0v) is 26.2. The Balaban J connectivity index is 1.71. The molecule has 0 amide bonds. The van der Waals surface area contributed by atoms with Gasteiger partial charge in [-0.2, -0.15) is 0 Å². The molecule has 0 saturated heterocycles. The standard InChI is InChI=1S/C30H44O5Si2/c1-29(2,3)36(7,8)34-20-12-14-23-26(17-20)32-19-24-22-13-11-21(35-37(9,10)30(4,5)6)18-27(22)33-25(15-16-31)28(23)24/h11-14,17-18,25,31H,15-16,19H2,1-10H3. The molecule has 7 heteroatoms. The van der Waals surface area contributed by atoms with Crippen molar-refractivity contribution in [1.82, 2.24) is 0 Å². The zero-order valence-electron chi connectivity index (χ0n) is 24.2. The average molecular weight is 541 g/mol. The van der Waals surface area contributed by atoms with Crippen LogP contribution in [0.5, 0.6) is 23.0 Å². The van der Waals surface area contributed by atoms with Gasteiger partial charge in [-0.25, -0.2) is 0 Å². The number of aliphatic hydroxyl groups is 1. The maximum atomic E-state index is 9.88. The Morgan fingerprint density at radius 1 is 0.811 bits per heavy atom. The molecular formula is C30H44O5Si2. The third-order valence-electron chi connectivity index (χ3n) is 8.56. The normalized spacial score (nSPS) is 17.8. The molecule has 1 unspecified atom stereocenters. The molecule has 0 saturated carbocycles. The number of rotatable bonds is 6. The summed E-state index contributed by atoms with van der Waals surface area (Å²) in [5.41, 5.74) is 4.25. The van der Waals surface area contributed by atoms with E-state index < -0.39 is 16.6 Å². The summed E-state index contributed by atoms with van der Waals surface area (Å²) >= 11 is 0. The lowest BCUT2D eigenvalue weighted by atomic mass is 9.85. The van der Waals surface area contributed by atoms with Crippen LogP contribution in [0.1, 0.15) is 59.1 Å². The minimum absolute atomic E-state index is 0.0414. The van der Waals surface area contributed by atoms with E-state index in [0.29, 0.717) is 13.0 Å². The summed E-state index contributed by atoms with van der Waals surface area (Å²) in [6.45, 7) is 22.9. The van der Waals surface area contributed by atoms with Gasteiger partial charge in [0.25, 0.3) is 0 Å². The van der Waals surface area contributed by atoms with Crippen LogP contribution in [0, 0.1) is 0 Å². The van der Waals surface area contributed by atoms with Gasteiger partial charge in [-0.15, -0.1) is 0 Å². The van der Waals surface area contributed by atoms with Gasteiger partial charge in [0.1, 0.15) is 35.7 Å². The van der Waals surface area contributed by atoms with E-state index in [-0.39, 0.29) is 22.8 Å². The molecule has 0 bridgehead atoms. The number of fused-ring (bicyclic) bond motifs is 4. The summed E-state index contributed by atoms with van der Waals surface area (Å²) in [6, 6.07) is 12.3. The summed E-state index contributed by atoms with van der Waals surface area (Å²) in [6.07, 6.45) is 0.248. The highest BCUT2D eigenvalue weighted by atomic mass is 28.4. The van der Waals surface area contributed by atoms with Gasteiger partial charge in [0.15, 0.2) is 0 Å². The SMILES string of the molecule is CC(C)(C)[Si](C)(C)Oc1ccc2c(c1)OC(CCO)C1=C2COc2cc(O[Si](C)(C)C(C)(C)C)ccc21. The molecule has 37 heavy (non-hydrogen) atoms. The van der Waals surface area contributed by atoms with Gasteiger partial charge >= 0.3 is 0 Å². The van der Waals surface area contributed by atoms with Crippen molar-refractivity contribution in [2.45, 2.75) is 90.3 Å². The van der Waals surface area contributed by atoms with Crippen LogP contribution in [0.2, 0.25) is 36.3 Å². The molecule has 0 aromatic heterocycles. The van der Waals surface area contributed by atoms with E-state index in [4.69, 9.17) is 18.3 Å². The second kappa shape index (κ2) is 9.51. The van der Waals surface area contributed by atoms with Crippen LogP contribution >= 0.6 is 0 Å². The number of benzene rings is 2. The molecule has 0 radical (unpaired) electrons. The molecule has 1 N–H and O–H groups in total. The van der Waals surface area contributed by atoms with Crippen molar-refractivity contribution in [3.8, 4) is 23.0 Å². The van der Waals surface area contributed by atoms with Gasteiger partial charge < -0.3 is 23.4 Å². The fourth-order valence-corrected chi connectivity index (χ4v) is 6.27. The van der Waals surface area contributed by atoms with Crippen LogP contribution in [0.15, 0.2) is 36.4 Å². The van der Waals surface area contributed by atoms with E-state index >= 15 is 0 Å². The minimum atomic E-state index is -1.98. The van der Waals surface area contributed by atoms with Crippen LogP contribution in [-0.4, -0.2) is 41.1 Å². The molecule has 4 rings (SSSR count). The quantitative estimate of drug-likeness (QED) is 0.377. The maximum absolute atomic E-state index is 9.88. The molecule has 2 heterocycles. The van der Waals surface area contributed by atoms with Crippen molar-refractivity contribution in [1.29, 1.82) is 0 Å². The number of hydrogen-bond acceptors (Lipinski definition) is 5. The Labute approximate surface area is 225 Å². The Bertz CT molecular complexity index is 1200. The Morgan fingerprint density at radius 2 is 1.32 bits per heavy atom. The lowest BCUT2D eigenvalue weighted by molar-refractivity contribution is 0.189. The highest BCUT2D eigenvalue weighted by Crippen LogP contribution is 2.49. The van der Waals surface area contributed by atoms with E-state index in [1.165, 1.54) is 0 Å². The van der Waals surface area contributed by atoms with E-state index in [2.05, 4.69) is 79.9 Å². The average Bonchev–Trinajstić information content (AvgIpc) is 2.76. The fraction of sp³-hybridized carbons (Fsp3) is 0.533. The van der Waals surface area contributed by atoms with Crippen LogP contribution in [0.3, 0.4) is 0 Å². The minimum Gasteiger partial charge on any atom is -0.543 e. The molecule has 2 aliphatic rings. The van der Waals surface area contributed by atoms with Crippen molar-refractivity contribution in [3.05, 3.63) is 47.5 Å². The molecule has 202 valence electrons. The number of aliphatic hydroxyl groups excluding tert-OH is 1. The second-order valence-corrected chi connectivity index (χ2v) is 22.8. The van der Waals surface area contributed by atoms with Crippen LogP contribution in [0.25, 0.3) is 11.1 Å². The fourth-order valence-electron chi connectivity index (χ4n) is 4.23. The molecule has 2 aromatic carbocycles. The lowest BCUT2D eigenvalue weighted by Crippen LogP contribution is -2.43. The van der Waals surface area contributed by atoms with E-state index in [0.717, 1.165) is 45.3 Å². The Kier molecular flexibility index (Phi) is 7.14. The van der Waals surface area contributed by atoms with Gasteiger partial charge in [0.05, 0.1) is 0 Å². The van der Waals surface area contributed by atoms with Gasteiger partial charge in [0.2, 0.25) is 16.6 Å². The van der Waals surface area contributed by atoms with Crippen LogP contribution < -0.4 is 18.3 Å². The van der Waals surface area contributed by atoms with Crippen molar-refractivity contribution in [3.63, 3.8) is 0 Å². The van der Waals surface area contributed by atoms with Gasteiger partial charge in [-0.05, 0) is 60.5 Å². The zero-order chi connectivity index (χ0) is 27.4. The molecule has 5 nitrogen and oxygen atoms in total. The largest absolute Gasteiger partial charge is 0.543 e. The van der Waals surface area contributed by atoms with Crippen molar-refractivity contribution in [2.24, 2.45) is 0 Å². The predicted molar refractivity (Wildman–Crippen MR) is 157 cm³/mol. The summed E-state index contributed by atoms with van der Waals surface area (Å²) in [7, 11) is -3.95. The van der Waals surface area contributed by atoms with Gasteiger partial charge in [0, 0.05) is 47.4 Å². The van der Waals surface area contributed by atoms with E-state index in [9.17, 15) is 5.11 Å². The van der Waals surface area contributed by atoms with Crippen LogP contribution in [0.4, 0.5) is 0 Å². The second-order valence-electron chi connectivity index (χ2n) is 13.3. The first-order valence-electron chi connectivity index (χ1n) is 13.3. The summed E-state index contributed by atoms with van der Waals surface area (Å²) < 4.78 is 25.9. The first-order chi connectivity index (χ1) is 17.0. The first-order valence-corrected chi connectivity index (χ1v) is 19.2. The highest BCUT2D eigenvalue weighted by molar-refractivity contribution is 6.75. The topological polar surface area (TPSA) is 57.2 Å². The smallest absolute Gasteiger partial charge is 0.250 e. The Hall–Kier alpha value is -2.23. The summed E-state index contributed by atoms with van der Waals surface area (Å²) in [4.78, 5) is 0. The summed E-state index contributed by atoms with van der Waals surface area (Å²) in [5, 5.41) is 10.1. The molecule has 0 aliphatic carbocycles. The van der Waals surface area contributed by atoms with E-state index in [1.807, 2.05) is 24.3 Å². The maximum Gasteiger partial charge on any atom is 0.250 e. The van der Waals surface area contributed by atoms with Crippen molar-refractivity contribution >= 4 is 27.8 Å². The van der Waals surface area contributed by atoms with Crippen LogP contribution in [-0.2, 0) is 0 Å². The number of ether oxygens (including phenoxy) is 2. The van der Waals surface area contributed by atoms with Crippen molar-refractivity contribution in [2.75, 3.05) is 13.2 Å². The van der Waals surface area contributed by atoms with Gasteiger partial charge in [-0.3, -0.25) is 0 Å². The third-order valence-corrected chi connectivity index (χ3v) is 17.3. The molecule has 0 fully saturated rings.